The second-order valence-electron chi connectivity index (χ2n) is 3.89. The molecule has 0 aliphatic heterocycles. The molecule has 7 heteroatoms. The van der Waals surface area contributed by atoms with E-state index in [1.807, 2.05) is 0 Å². The van der Waals surface area contributed by atoms with Crippen molar-refractivity contribution in [2.75, 3.05) is 7.11 Å². The highest BCUT2D eigenvalue weighted by Crippen LogP contribution is 2.13. The number of hydrogen-bond acceptors (Lipinski definition) is 4. The number of hydrogen-bond donors (Lipinski definition) is 1. The van der Waals surface area contributed by atoms with E-state index in [9.17, 15) is 9.59 Å². The molecule has 2 aromatic heterocycles. The number of benzene rings is 1. The summed E-state index contributed by atoms with van der Waals surface area (Å²) in [5, 5.41) is 6.34. The molecule has 0 aliphatic carbocycles. The standard InChI is InChI=1S/C12H10N4O3/c1-19-9-4-2-3-8(7-9)15-12(18)16-10(5-6-13-16)11(17)14-15/h2-7H,1H3,(H,14,17). The summed E-state index contributed by atoms with van der Waals surface area (Å²) in [6.45, 7) is 0. The average Bonchev–Trinajstić information content (AvgIpc) is 2.93. The van der Waals surface area contributed by atoms with Gasteiger partial charge in [0.15, 0.2) is 0 Å². The minimum atomic E-state index is -0.451. The van der Waals surface area contributed by atoms with Gasteiger partial charge in [-0.2, -0.15) is 9.61 Å². The lowest BCUT2D eigenvalue weighted by atomic mass is 10.3. The highest BCUT2D eigenvalue weighted by Gasteiger charge is 2.09. The Morgan fingerprint density at radius 1 is 1.26 bits per heavy atom. The zero-order valence-corrected chi connectivity index (χ0v) is 10.0. The maximum atomic E-state index is 12.2. The van der Waals surface area contributed by atoms with Crippen molar-refractivity contribution in [1.82, 2.24) is 19.4 Å². The fourth-order valence-corrected chi connectivity index (χ4v) is 1.85. The summed E-state index contributed by atoms with van der Waals surface area (Å²) in [7, 11) is 1.53. The average molecular weight is 258 g/mol. The first-order chi connectivity index (χ1) is 9.20. The van der Waals surface area contributed by atoms with E-state index in [-0.39, 0.29) is 11.1 Å². The lowest BCUT2D eigenvalue weighted by molar-refractivity contribution is 0.414. The molecule has 19 heavy (non-hydrogen) atoms. The lowest BCUT2D eigenvalue weighted by Crippen LogP contribution is -2.34. The van der Waals surface area contributed by atoms with Crippen molar-refractivity contribution >= 4 is 5.52 Å². The van der Waals surface area contributed by atoms with Gasteiger partial charge in [-0.3, -0.25) is 9.89 Å². The van der Waals surface area contributed by atoms with Gasteiger partial charge in [0.05, 0.1) is 19.0 Å². The number of H-pyrrole nitrogens is 1. The molecule has 0 aliphatic rings. The molecule has 2 heterocycles. The normalized spacial score (nSPS) is 10.8. The predicted molar refractivity (Wildman–Crippen MR) is 68.0 cm³/mol. The molecule has 1 N–H and O–H groups in total. The number of nitrogens with zero attached hydrogens (tertiary/aromatic N) is 3. The molecule has 1 aromatic carbocycles. The van der Waals surface area contributed by atoms with Gasteiger partial charge >= 0.3 is 5.69 Å². The zero-order valence-electron chi connectivity index (χ0n) is 10.0. The second-order valence-corrected chi connectivity index (χ2v) is 3.89. The number of fused-ring (bicyclic) bond motifs is 1. The zero-order chi connectivity index (χ0) is 13.4. The van der Waals surface area contributed by atoms with Crippen LogP contribution in [0.15, 0.2) is 46.1 Å². The third kappa shape index (κ3) is 1.71. The van der Waals surface area contributed by atoms with Crippen LogP contribution in [0.25, 0.3) is 11.2 Å². The van der Waals surface area contributed by atoms with Crippen LogP contribution < -0.4 is 16.0 Å². The summed E-state index contributed by atoms with van der Waals surface area (Å²) in [6, 6.07) is 8.29. The van der Waals surface area contributed by atoms with Crippen molar-refractivity contribution in [2.45, 2.75) is 0 Å². The topological polar surface area (TPSA) is 81.4 Å². The van der Waals surface area contributed by atoms with Crippen LogP contribution >= 0.6 is 0 Å². The van der Waals surface area contributed by atoms with Crippen molar-refractivity contribution in [3.8, 4) is 11.4 Å². The first-order valence-electron chi connectivity index (χ1n) is 5.54. The number of aromatic nitrogens is 4. The molecule has 3 aromatic rings. The summed E-state index contributed by atoms with van der Waals surface area (Å²) in [4.78, 5) is 24.0. The Balaban J connectivity index is 2.33. The molecule has 0 saturated carbocycles. The number of methoxy groups -OCH3 is 1. The van der Waals surface area contributed by atoms with E-state index in [1.165, 1.54) is 19.4 Å². The van der Waals surface area contributed by atoms with Crippen LogP contribution in [0, 0.1) is 0 Å². The minimum Gasteiger partial charge on any atom is -0.497 e. The van der Waals surface area contributed by atoms with Crippen molar-refractivity contribution in [3.05, 3.63) is 57.4 Å². The second kappa shape index (κ2) is 4.13. The van der Waals surface area contributed by atoms with Crippen molar-refractivity contribution < 1.29 is 4.74 Å². The Morgan fingerprint density at radius 2 is 2.11 bits per heavy atom. The molecule has 0 saturated heterocycles. The maximum absolute atomic E-state index is 12.2. The van der Waals surface area contributed by atoms with E-state index < -0.39 is 5.69 Å². The van der Waals surface area contributed by atoms with Crippen LogP contribution in [0.5, 0.6) is 5.75 Å². The molecule has 0 unspecified atom stereocenters. The molecule has 7 nitrogen and oxygen atoms in total. The molecule has 0 atom stereocenters. The first kappa shape index (κ1) is 11.3. The van der Waals surface area contributed by atoms with Gasteiger partial charge in [0.1, 0.15) is 11.3 Å². The van der Waals surface area contributed by atoms with Gasteiger partial charge in [0.2, 0.25) is 0 Å². The van der Waals surface area contributed by atoms with E-state index >= 15 is 0 Å². The van der Waals surface area contributed by atoms with Gasteiger partial charge in [-0.25, -0.2) is 9.48 Å². The highest BCUT2D eigenvalue weighted by atomic mass is 16.5. The molecule has 3 rings (SSSR count). The fraction of sp³-hybridized carbons (Fsp3) is 0.0833. The van der Waals surface area contributed by atoms with E-state index in [0.717, 1.165) is 9.20 Å². The SMILES string of the molecule is COc1cccc(-n2[nH]c(=O)c3ccnn3c2=O)c1. The Hall–Kier alpha value is -2.83. The van der Waals surface area contributed by atoms with Gasteiger partial charge in [0.25, 0.3) is 5.56 Å². The molecular formula is C12H10N4O3. The van der Waals surface area contributed by atoms with E-state index in [4.69, 9.17) is 4.74 Å². The van der Waals surface area contributed by atoms with Crippen LogP contribution in [0.4, 0.5) is 0 Å². The molecule has 0 amide bonds. The van der Waals surface area contributed by atoms with Crippen LogP contribution in [-0.4, -0.2) is 26.5 Å². The number of ether oxygens (including phenoxy) is 1. The number of aromatic amines is 1. The molecular weight excluding hydrogens is 248 g/mol. The third-order valence-corrected chi connectivity index (χ3v) is 2.77. The molecule has 96 valence electrons. The summed E-state index contributed by atoms with van der Waals surface area (Å²) in [5.41, 5.74) is -0.129. The Kier molecular flexibility index (Phi) is 2.45. The monoisotopic (exact) mass is 258 g/mol. The first-order valence-corrected chi connectivity index (χ1v) is 5.54. The van der Waals surface area contributed by atoms with Crippen molar-refractivity contribution in [1.29, 1.82) is 0 Å². The number of nitrogens with one attached hydrogen (secondary N) is 1. The molecule has 0 fully saturated rings. The maximum Gasteiger partial charge on any atom is 0.368 e. The minimum absolute atomic E-state index is 0.212. The molecule has 0 spiro atoms. The van der Waals surface area contributed by atoms with Gasteiger partial charge < -0.3 is 4.74 Å². The summed E-state index contributed by atoms with van der Waals surface area (Å²) >= 11 is 0. The smallest absolute Gasteiger partial charge is 0.368 e. The molecule has 0 radical (unpaired) electrons. The van der Waals surface area contributed by atoms with E-state index in [2.05, 4.69) is 10.2 Å². The summed E-state index contributed by atoms with van der Waals surface area (Å²) in [5.74, 6) is 0.589. The van der Waals surface area contributed by atoms with Gasteiger partial charge in [-0.15, -0.1) is 0 Å². The third-order valence-electron chi connectivity index (χ3n) is 2.77. The van der Waals surface area contributed by atoms with Gasteiger partial charge in [0, 0.05) is 6.07 Å². The molecule has 0 bridgehead atoms. The summed E-state index contributed by atoms with van der Waals surface area (Å²) < 4.78 is 7.27. The lowest BCUT2D eigenvalue weighted by Gasteiger charge is -2.07. The largest absolute Gasteiger partial charge is 0.497 e. The summed E-state index contributed by atoms with van der Waals surface area (Å²) in [6.07, 6.45) is 1.40. The number of rotatable bonds is 2. The Labute approximate surface area is 106 Å². The predicted octanol–water partition coefficient (Wildman–Crippen LogP) is 0.182. The van der Waals surface area contributed by atoms with Gasteiger partial charge in [-0.1, -0.05) is 6.07 Å². The van der Waals surface area contributed by atoms with E-state index in [1.54, 1.807) is 24.3 Å². The van der Waals surface area contributed by atoms with Crippen LogP contribution in [0.3, 0.4) is 0 Å². The highest BCUT2D eigenvalue weighted by molar-refractivity contribution is 5.43. The van der Waals surface area contributed by atoms with Crippen molar-refractivity contribution in [2.24, 2.45) is 0 Å². The van der Waals surface area contributed by atoms with Crippen molar-refractivity contribution in [3.63, 3.8) is 0 Å². The quantitative estimate of drug-likeness (QED) is 0.711. The van der Waals surface area contributed by atoms with Gasteiger partial charge in [-0.05, 0) is 18.2 Å². The van der Waals surface area contributed by atoms with E-state index in [0.29, 0.717) is 11.4 Å². The van der Waals surface area contributed by atoms with Crippen LogP contribution in [0.1, 0.15) is 0 Å². The Bertz CT molecular complexity index is 859. The van der Waals surface area contributed by atoms with Crippen LogP contribution in [0.2, 0.25) is 0 Å². The Morgan fingerprint density at radius 3 is 2.89 bits per heavy atom. The van der Waals surface area contributed by atoms with Crippen LogP contribution in [-0.2, 0) is 0 Å². The fourth-order valence-electron chi connectivity index (χ4n) is 1.85.